The van der Waals surface area contributed by atoms with E-state index in [1.807, 2.05) is 0 Å². The number of hydrogen-bond acceptors (Lipinski definition) is 0. The van der Waals surface area contributed by atoms with E-state index in [2.05, 4.69) is 102 Å². The number of aryl methyl sites for hydroxylation is 1. The van der Waals surface area contributed by atoms with Crippen LogP contribution in [-0.2, 0) is 12.8 Å². The Morgan fingerprint density at radius 1 is 0.625 bits per heavy atom. The van der Waals surface area contributed by atoms with Crippen LogP contribution in [0.3, 0.4) is 0 Å². The first kappa shape index (κ1) is 18.3. The van der Waals surface area contributed by atoms with E-state index in [9.17, 15) is 0 Å². The van der Waals surface area contributed by atoms with Crippen molar-refractivity contribution in [3.05, 3.63) is 108 Å². The monoisotopic (exact) mass is 429 g/mol. The maximum atomic E-state index is 2.52. The number of aromatic nitrogens is 1. The lowest BCUT2D eigenvalue weighted by molar-refractivity contribution is 0.700. The predicted molar refractivity (Wildman–Crippen MR) is 139 cm³/mol. The highest BCUT2D eigenvalue weighted by Gasteiger charge is 2.25. The van der Waals surface area contributed by atoms with E-state index in [1.165, 1.54) is 63.9 Å². The minimum absolute atomic E-state index is 0.431. The SMILES string of the molecule is c1ccc(-n2c3ccccc3c3ccc4c(c5c(p4-c4ccccc4)CCCC5)c32)cc1. The molecule has 0 amide bonds. The molecule has 2 heterocycles. The molecule has 2 aromatic heterocycles. The van der Waals surface area contributed by atoms with Crippen molar-refractivity contribution in [3.8, 4) is 11.0 Å². The van der Waals surface area contributed by atoms with Crippen molar-refractivity contribution in [2.75, 3.05) is 0 Å². The number of rotatable bonds is 2. The Balaban J connectivity index is 1.72. The van der Waals surface area contributed by atoms with Crippen LogP contribution >= 0.6 is 7.53 Å². The number of hydrogen-bond donors (Lipinski definition) is 0. The summed E-state index contributed by atoms with van der Waals surface area (Å²) in [6.45, 7) is 0. The van der Waals surface area contributed by atoms with Crippen LogP contribution in [0.5, 0.6) is 0 Å². The summed E-state index contributed by atoms with van der Waals surface area (Å²) in [4.78, 5) is 0. The average Bonchev–Trinajstić information content (AvgIpc) is 3.38. The molecule has 1 nitrogen and oxygen atoms in total. The molecule has 1 aliphatic rings. The second-order valence-corrected chi connectivity index (χ2v) is 11.1. The van der Waals surface area contributed by atoms with Gasteiger partial charge in [0.2, 0.25) is 0 Å². The minimum Gasteiger partial charge on any atom is -0.309 e. The van der Waals surface area contributed by atoms with Gasteiger partial charge >= 0.3 is 0 Å². The smallest absolute Gasteiger partial charge is 0.0625 e. The second-order valence-electron chi connectivity index (χ2n) is 8.85. The number of benzene rings is 4. The lowest BCUT2D eigenvalue weighted by atomic mass is 9.95. The zero-order valence-electron chi connectivity index (χ0n) is 18.0. The first-order valence-electron chi connectivity index (χ1n) is 11.6. The van der Waals surface area contributed by atoms with Crippen LogP contribution in [0.25, 0.3) is 43.3 Å². The van der Waals surface area contributed by atoms with Crippen LogP contribution < -0.4 is 0 Å². The third kappa shape index (κ3) is 2.52. The lowest BCUT2D eigenvalue weighted by Gasteiger charge is -2.15. The Labute approximate surface area is 189 Å². The van der Waals surface area contributed by atoms with Gasteiger partial charge in [-0.05, 0) is 66.1 Å². The fourth-order valence-electron chi connectivity index (χ4n) is 5.80. The molecule has 6 aromatic rings. The Bertz CT molecular complexity index is 1600. The summed E-state index contributed by atoms with van der Waals surface area (Å²) in [5.41, 5.74) is 5.61. The van der Waals surface area contributed by atoms with Crippen LogP contribution in [0.2, 0.25) is 0 Å². The largest absolute Gasteiger partial charge is 0.309 e. The van der Waals surface area contributed by atoms with Gasteiger partial charge in [0.15, 0.2) is 0 Å². The van der Waals surface area contributed by atoms with Crippen molar-refractivity contribution in [1.29, 1.82) is 0 Å². The molecular weight excluding hydrogens is 405 g/mol. The molecule has 1 atom stereocenters. The first-order chi connectivity index (χ1) is 15.9. The maximum Gasteiger partial charge on any atom is 0.0625 e. The van der Waals surface area contributed by atoms with Crippen molar-refractivity contribution in [2.24, 2.45) is 0 Å². The fourth-order valence-corrected chi connectivity index (χ4v) is 8.71. The molecule has 0 spiro atoms. The summed E-state index contributed by atoms with van der Waals surface area (Å²) in [5, 5.41) is 9.05. The third-order valence-corrected chi connectivity index (χ3v) is 9.80. The van der Waals surface area contributed by atoms with Crippen LogP contribution in [0.1, 0.15) is 23.7 Å². The number of fused-ring (bicyclic) bond motifs is 7. The number of para-hydroxylation sites is 2. The van der Waals surface area contributed by atoms with Gasteiger partial charge in [0.05, 0.1) is 11.0 Å². The molecule has 0 N–H and O–H groups in total. The van der Waals surface area contributed by atoms with E-state index in [0.717, 1.165) is 0 Å². The predicted octanol–water partition coefficient (Wildman–Crippen LogP) is 8.79. The maximum absolute atomic E-state index is 2.52. The van der Waals surface area contributed by atoms with Gasteiger partial charge in [0.1, 0.15) is 0 Å². The zero-order chi connectivity index (χ0) is 21.1. The van der Waals surface area contributed by atoms with Gasteiger partial charge in [-0.1, -0.05) is 80.3 Å². The summed E-state index contributed by atoms with van der Waals surface area (Å²) in [7, 11) is -0.431. The van der Waals surface area contributed by atoms with E-state index >= 15 is 0 Å². The normalized spacial score (nSPS) is 14.3. The van der Waals surface area contributed by atoms with Crippen molar-refractivity contribution in [3.63, 3.8) is 0 Å². The average molecular weight is 430 g/mol. The van der Waals surface area contributed by atoms with Gasteiger partial charge in [-0.25, -0.2) is 0 Å². The van der Waals surface area contributed by atoms with Crippen LogP contribution in [0, 0.1) is 0 Å². The van der Waals surface area contributed by atoms with Gasteiger partial charge in [0, 0.05) is 27.0 Å². The van der Waals surface area contributed by atoms with Crippen LogP contribution in [0.15, 0.2) is 97.1 Å². The first-order valence-corrected chi connectivity index (χ1v) is 12.9. The summed E-state index contributed by atoms with van der Waals surface area (Å²) < 4.78 is 2.52. The van der Waals surface area contributed by atoms with Crippen molar-refractivity contribution in [2.45, 2.75) is 25.7 Å². The Morgan fingerprint density at radius 2 is 1.34 bits per heavy atom. The molecule has 0 aliphatic heterocycles. The summed E-state index contributed by atoms with van der Waals surface area (Å²) in [6.07, 6.45) is 5.09. The molecular formula is C30H24NP. The lowest BCUT2D eigenvalue weighted by Crippen LogP contribution is -2.00. The van der Waals surface area contributed by atoms with Crippen LogP contribution in [-0.4, -0.2) is 4.57 Å². The fraction of sp³-hybridized carbons (Fsp3) is 0.133. The van der Waals surface area contributed by atoms with E-state index in [0.29, 0.717) is 0 Å². The molecule has 154 valence electrons. The molecule has 1 aliphatic carbocycles. The quantitative estimate of drug-likeness (QED) is 0.259. The van der Waals surface area contributed by atoms with Crippen molar-refractivity contribution in [1.82, 2.24) is 4.57 Å². The van der Waals surface area contributed by atoms with Crippen molar-refractivity contribution < 1.29 is 0 Å². The van der Waals surface area contributed by atoms with E-state index in [4.69, 9.17) is 0 Å². The molecule has 0 saturated carbocycles. The van der Waals surface area contributed by atoms with Crippen molar-refractivity contribution >= 4 is 39.8 Å². The van der Waals surface area contributed by atoms with Gasteiger partial charge in [-0.2, -0.15) is 0 Å². The molecule has 7 rings (SSSR count). The molecule has 0 bridgehead atoms. The molecule has 0 saturated heterocycles. The van der Waals surface area contributed by atoms with Gasteiger partial charge in [0.25, 0.3) is 0 Å². The van der Waals surface area contributed by atoms with Gasteiger partial charge in [-0.15, -0.1) is 0 Å². The second kappa shape index (κ2) is 7.12. The zero-order valence-corrected chi connectivity index (χ0v) is 18.9. The molecule has 32 heavy (non-hydrogen) atoms. The Morgan fingerprint density at radius 3 is 2.19 bits per heavy atom. The molecule has 4 aromatic carbocycles. The minimum atomic E-state index is -0.431. The third-order valence-electron chi connectivity index (χ3n) is 7.09. The molecule has 0 fully saturated rings. The van der Waals surface area contributed by atoms with E-state index < -0.39 is 7.53 Å². The topological polar surface area (TPSA) is 4.93 Å². The number of nitrogens with zero attached hydrogens (tertiary/aromatic N) is 1. The summed E-state index contributed by atoms with van der Waals surface area (Å²) in [5.74, 6) is 0. The highest BCUT2D eigenvalue weighted by Crippen LogP contribution is 2.57. The highest BCUT2D eigenvalue weighted by molar-refractivity contribution is 7.63. The van der Waals surface area contributed by atoms with Crippen LogP contribution in [0.4, 0.5) is 0 Å². The van der Waals surface area contributed by atoms with E-state index in [-0.39, 0.29) is 0 Å². The molecule has 0 radical (unpaired) electrons. The molecule has 1 unspecified atom stereocenters. The Hall–Kier alpha value is -3.28. The highest BCUT2D eigenvalue weighted by atomic mass is 31.1. The standard InChI is InChI=1S/C30H24NP/c1-3-11-21(12-4-1)31-26-17-9-7-15-23(26)24-19-20-28-29(30(24)31)25-16-8-10-18-27(25)32(28)22-13-5-2-6-14-22/h1-7,9,11-15,17,19-20H,8,10,16,18H2. The summed E-state index contributed by atoms with van der Waals surface area (Å²) >= 11 is 0. The molecule has 2 heteroatoms. The van der Waals surface area contributed by atoms with Gasteiger partial charge < -0.3 is 4.57 Å². The van der Waals surface area contributed by atoms with E-state index in [1.54, 1.807) is 16.0 Å². The summed E-state index contributed by atoms with van der Waals surface area (Å²) in [6, 6.07) is 35.9. The van der Waals surface area contributed by atoms with Gasteiger partial charge in [-0.3, -0.25) is 0 Å². The Kier molecular flexibility index (Phi) is 4.07.